The van der Waals surface area contributed by atoms with Gasteiger partial charge in [0.2, 0.25) is 0 Å². The van der Waals surface area contributed by atoms with Crippen molar-refractivity contribution in [3.63, 3.8) is 0 Å². The first kappa shape index (κ1) is 35.3. The summed E-state index contributed by atoms with van der Waals surface area (Å²) in [5.41, 5.74) is 0.0203. The summed E-state index contributed by atoms with van der Waals surface area (Å²) in [7, 11) is 0. The van der Waals surface area contributed by atoms with Crippen molar-refractivity contribution in [2.45, 2.75) is 159 Å². The maximum Gasteiger partial charge on any atom is 0.312 e. The fraction of sp³-hybridized carbons (Fsp3) is 0.850. The van der Waals surface area contributed by atoms with Gasteiger partial charge in [0.15, 0.2) is 5.78 Å². The highest BCUT2D eigenvalue weighted by Crippen LogP contribution is 2.76. The summed E-state index contributed by atoms with van der Waals surface area (Å²) in [6.07, 6.45) is 9.22. The standard InChI is InChI=1S/C40H62O6/c1-24(2)31-26(42)21-40(23-41)20-19-38(11)25(32(31)40)13-14-28-37(10)17-16-29(36(8,9)27(37)15-18-39(28,38)12)45-30(43)22-35(6,7)33(44)46-34(3,4)5/h23-25,27-29H,13-22H2,1-12H3. The lowest BCUT2D eigenvalue weighted by atomic mass is 9.33. The number of ketones is 1. The topological polar surface area (TPSA) is 86.7 Å². The molecule has 0 spiro atoms. The first-order chi connectivity index (χ1) is 21.0. The molecule has 46 heavy (non-hydrogen) atoms. The molecule has 6 nitrogen and oxygen atoms in total. The second-order valence-corrected chi connectivity index (χ2v) is 19.4. The predicted octanol–water partition coefficient (Wildman–Crippen LogP) is 8.84. The Morgan fingerprint density at radius 3 is 2.11 bits per heavy atom. The summed E-state index contributed by atoms with van der Waals surface area (Å²) >= 11 is 0. The zero-order valence-corrected chi connectivity index (χ0v) is 31.0. The average Bonchev–Trinajstić information content (AvgIpc) is 3.22. The fourth-order valence-corrected chi connectivity index (χ4v) is 12.0. The average molecular weight is 639 g/mol. The van der Waals surface area contributed by atoms with Gasteiger partial charge in [-0.3, -0.25) is 14.4 Å². The number of carbonyl (C=O) groups excluding carboxylic acids is 4. The van der Waals surface area contributed by atoms with Crippen LogP contribution in [0, 0.1) is 56.2 Å². The minimum absolute atomic E-state index is 0.00410. The molecule has 258 valence electrons. The summed E-state index contributed by atoms with van der Waals surface area (Å²) in [5, 5.41) is 0. The van der Waals surface area contributed by atoms with Gasteiger partial charge >= 0.3 is 11.9 Å². The van der Waals surface area contributed by atoms with E-state index < -0.39 is 16.4 Å². The van der Waals surface area contributed by atoms with Gasteiger partial charge < -0.3 is 14.3 Å². The van der Waals surface area contributed by atoms with Crippen LogP contribution in [-0.2, 0) is 28.7 Å². The molecule has 8 unspecified atom stereocenters. The monoisotopic (exact) mass is 638 g/mol. The number of hydrogen-bond acceptors (Lipinski definition) is 6. The van der Waals surface area contributed by atoms with Crippen LogP contribution in [0.1, 0.15) is 147 Å². The van der Waals surface area contributed by atoms with Crippen molar-refractivity contribution in [1.29, 1.82) is 0 Å². The Morgan fingerprint density at radius 2 is 1.52 bits per heavy atom. The van der Waals surface area contributed by atoms with E-state index in [0.29, 0.717) is 18.3 Å². The molecule has 8 atom stereocenters. The van der Waals surface area contributed by atoms with Crippen LogP contribution in [-0.4, -0.2) is 35.7 Å². The Bertz CT molecular complexity index is 1330. The molecule has 4 saturated carbocycles. The second kappa shape index (κ2) is 11.0. The van der Waals surface area contributed by atoms with Gasteiger partial charge in [0, 0.05) is 11.8 Å². The normalized spacial score (nSPS) is 40.4. The van der Waals surface area contributed by atoms with Gasteiger partial charge in [0.1, 0.15) is 18.0 Å². The molecule has 0 N–H and O–H groups in total. The number of esters is 2. The van der Waals surface area contributed by atoms with Crippen molar-refractivity contribution in [2.24, 2.45) is 56.2 Å². The number of aldehydes is 1. The molecule has 0 aromatic carbocycles. The van der Waals surface area contributed by atoms with E-state index in [4.69, 9.17) is 9.47 Å². The third-order valence-electron chi connectivity index (χ3n) is 14.5. The third kappa shape index (κ3) is 5.16. The molecule has 5 aliphatic rings. The Kier molecular flexibility index (Phi) is 8.46. The molecule has 0 aromatic heterocycles. The number of hydrogen-bond donors (Lipinski definition) is 0. The van der Waals surface area contributed by atoms with Gasteiger partial charge in [0.05, 0.1) is 17.3 Å². The van der Waals surface area contributed by atoms with Crippen LogP contribution >= 0.6 is 0 Å². The van der Waals surface area contributed by atoms with Gasteiger partial charge in [-0.2, -0.15) is 0 Å². The minimum Gasteiger partial charge on any atom is -0.462 e. The Morgan fingerprint density at radius 1 is 0.870 bits per heavy atom. The van der Waals surface area contributed by atoms with E-state index in [1.54, 1.807) is 13.8 Å². The fourth-order valence-electron chi connectivity index (χ4n) is 12.0. The van der Waals surface area contributed by atoms with Crippen molar-refractivity contribution in [3.8, 4) is 0 Å². The van der Waals surface area contributed by atoms with E-state index in [1.165, 1.54) is 5.57 Å². The summed E-state index contributed by atoms with van der Waals surface area (Å²) in [6, 6.07) is 0. The number of carbonyl (C=O) groups is 4. The van der Waals surface area contributed by atoms with Crippen molar-refractivity contribution in [3.05, 3.63) is 11.1 Å². The molecular weight excluding hydrogens is 576 g/mol. The number of fused-ring (bicyclic) bond motifs is 7. The number of allylic oxidation sites excluding steroid dienone is 2. The predicted molar refractivity (Wildman–Crippen MR) is 180 cm³/mol. The van der Waals surface area contributed by atoms with Crippen LogP contribution in [0.5, 0.6) is 0 Å². The first-order valence-corrected chi connectivity index (χ1v) is 18.2. The van der Waals surface area contributed by atoms with Gasteiger partial charge in [-0.15, -0.1) is 0 Å². The number of Topliss-reactive ketones (excluding diaryl/α,β-unsaturated/α-hetero) is 1. The Hall–Kier alpha value is -1.98. The van der Waals surface area contributed by atoms with E-state index in [2.05, 4.69) is 48.5 Å². The lowest BCUT2D eigenvalue weighted by Gasteiger charge is -2.72. The van der Waals surface area contributed by atoms with E-state index in [9.17, 15) is 19.2 Å². The highest BCUT2D eigenvalue weighted by Gasteiger charge is 2.70. The number of ether oxygens (including phenoxy) is 2. The van der Waals surface area contributed by atoms with Crippen LogP contribution in [0.15, 0.2) is 11.1 Å². The maximum atomic E-state index is 13.4. The summed E-state index contributed by atoms with van der Waals surface area (Å²) in [6.45, 7) is 25.4. The molecule has 0 saturated heterocycles. The van der Waals surface area contributed by atoms with Gasteiger partial charge in [-0.25, -0.2) is 0 Å². The van der Waals surface area contributed by atoms with Crippen LogP contribution < -0.4 is 0 Å². The second-order valence-electron chi connectivity index (χ2n) is 19.4. The third-order valence-corrected chi connectivity index (χ3v) is 14.5. The summed E-state index contributed by atoms with van der Waals surface area (Å²) in [4.78, 5) is 52.4. The van der Waals surface area contributed by atoms with Crippen molar-refractivity contribution in [2.75, 3.05) is 0 Å². The van der Waals surface area contributed by atoms with Crippen molar-refractivity contribution < 1.29 is 28.7 Å². The highest BCUT2D eigenvalue weighted by molar-refractivity contribution is 6.03. The van der Waals surface area contributed by atoms with E-state index >= 15 is 0 Å². The molecule has 0 radical (unpaired) electrons. The SMILES string of the molecule is CC(C)C1=C2C3CCC4C5(C)CCC(OC(=O)CC(C)(C)C(=O)OC(C)(C)C)C(C)(C)C5CCC4(C)C3(C)CCC2(C=O)CC1=O. The molecule has 6 heteroatoms. The lowest BCUT2D eigenvalue weighted by molar-refractivity contribution is -0.233. The number of rotatable bonds is 6. The molecule has 0 aromatic rings. The van der Waals surface area contributed by atoms with Crippen molar-refractivity contribution >= 4 is 24.0 Å². The zero-order chi connectivity index (χ0) is 34.5. The van der Waals surface area contributed by atoms with Crippen molar-refractivity contribution in [1.82, 2.24) is 0 Å². The molecule has 0 heterocycles. The largest absolute Gasteiger partial charge is 0.462 e. The van der Waals surface area contributed by atoms with Gasteiger partial charge in [-0.1, -0.05) is 48.5 Å². The molecule has 0 bridgehead atoms. The maximum absolute atomic E-state index is 13.4. The quantitative estimate of drug-likeness (QED) is 0.213. The molecule has 5 aliphatic carbocycles. The highest BCUT2D eigenvalue weighted by atomic mass is 16.6. The molecule has 5 rings (SSSR count). The van der Waals surface area contributed by atoms with Gasteiger partial charge in [0.25, 0.3) is 0 Å². The zero-order valence-electron chi connectivity index (χ0n) is 31.0. The smallest absolute Gasteiger partial charge is 0.312 e. The van der Waals surface area contributed by atoms with E-state index in [0.717, 1.165) is 63.2 Å². The molecule has 0 amide bonds. The first-order valence-electron chi connectivity index (χ1n) is 18.2. The van der Waals surface area contributed by atoms with Crippen LogP contribution in [0.25, 0.3) is 0 Å². The summed E-state index contributed by atoms with van der Waals surface area (Å²) < 4.78 is 11.9. The van der Waals surface area contributed by atoms with Crippen LogP contribution in [0.3, 0.4) is 0 Å². The van der Waals surface area contributed by atoms with E-state index in [-0.39, 0.29) is 63.7 Å². The molecular formula is C40H62O6. The summed E-state index contributed by atoms with van der Waals surface area (Å²) in [5.74, 6) is 0.829. The minimum atomic E-state index is -0.964. The molecule has 0 aliphatic heterocycles. The Labute approximate surface area is 278 Å². The Balaban J connectivity index is 1.39. The van der Waals surface area contributed by atoms with Gasteiger partial charge in [-0.05, 0) is 137 Å². The lowest BCUT2D eigenvalue weighted by Crippen LogP contribution is -2.65. The van der Waals surface area contributed by atoms with E-state index in [1.807, 2.05) is 20.8 Å². The van der Waals surface area contributed by atoms with Crippen LogP contribution in [0.2, 0.25) is 0 Å². The van der Waals surface area contributed by atoms with Crippen LogP contribution in [0.4, 0.5) is 0 Å². The molecule has 4 fully saturated rings.